The van der Waals surface area contributed by atoms with Crippen molar-refractivity contribution in [2.24, 2.45) is 0 Å². The molecule has 0 radical (unpaired) electrons. The Hall–Kier alpha value is -3.06. The second-order valence-electron chi connectivity index (χ2n) is 5.20. The highest BCUT2D eigenvalue weighted by Gasteiger charge is 2.11. The molecule has 0 N–H and O–H groups in total. The van der Waals surface area contributed by atoms with Gasteiger partial charge in [-0.3, -0.25) is 10.1 Å². The summed E-state index contributed by atoms with van der Waals surface area (Å²) < 4.78 is 0.387. The van der Waals surface area contributed by atoms with Gasteiger partial charge in [0.1, 0.15) is 0 Å². The minimum absolute atomic E-state index is 0.0482. The maximum Gasteiger partial charge on any atom is 0.284 e. The molecule has 0 unspecified atom stereocenters. The molecular weight excluding hydrogens is 388 g/mol. The van der Waals surface area contributed by atoms with E-state index in [0.29, 0.717) is 26.6 Å². The van der Waals surface area contributed by atoms with Crippen LogP contribution >= 0.6 is 15.9 Å². The lowest BCUT2D eigenvalue weighted by Gasteiger charge is -2.08. The summed E-state index contributed by atoms with van der Waals surface area (Å²) in [6.45, 7) is 0. The van der Waals surface area contributed by atoms with Crippen LogP contribution in [0.5, 0.6) is 0 Å². The Bertz CT molecular complexity index is 1030. The van der Waals surface area contributed by atoms with Crippen LogP contribution in [0, 0.1) is 10.1 Å². The van der Waals surface area contributed by atoms with Gasteiger partial charge in [-0.2, -0.15) is 0 Å². The highest BCUT2D eigenvalue weighted by Crippen LogP contribution is 2.26. The van der Waals surface area contributed by atoms with Crippen LogP contribution < -0.4 is 5.11 Å². The van der Waals surface area contributed by atoms with Gasteiger partial charge in [0.05, 0.1) is 26.6 Å². The largest absolute Gasteiger partial charge is 0.545 e. The molecular formula is C18H10BrN2O4-. The van der Waals surface area contributed by atoms with Crippen LogP contribution in [0.2, 0.25) is 0 Å². The molecule has 0 fully saturated rings. The van der Waals surface area contributed by atoms with Crippen LogP contribution in [-0.2, 0) is 0 Å². The number of hydrogen-bond acceptors (Lipinski definition) is 5. The van der Waals surface area contributed by atoms with E-state index in [4.69, 9.17) is 0 Å². The molecule has 25 heavy (non-hydrogen) atoms. The number of carboxylic acid groups (broad SMARTS) is 1. The number of fused-ring (bicyclic) bond motifs is 1. The maximum absolute atomic E-state index is 11.4. The van der Waals surface area contributed by atoms with E-state index in [2.05, 4.69) is 20.9 Å². The van der Waals surface area contributed by atoms with Crippen molar-refractivity contribution in [1.82, 2.24) is 4.98 Å². The Morgan fingerprint density at radius 3 is 2.60 bits per heavy atom. The van der Waals surface area contributed by atoms with E-state index in [-0.39, 0.29) is 11.3 Å². The minimum Gasteiger partial charge on any atom is -0.545 e. The third kappa shape index (κ3) is 3.56. The molecule has 7 heteroatoms. The van der Waals surface area contributed by atoms with E-state index < -0.39 is 10.9 Å². The number of aromatic nitrogens is 1. The maximum atomic E-state index is 11.4. The van der Waals surface area contributed by atoms with Crippen LogP contribution in [0.4, 0.5) is 5.69 Å². The number of carbonyl (C=O) groups excluding carboxylic acids is 1. The topological polar surface area (TPSA) is 96.2 Å². The number of benzene rings is 2. The molecule has 6 nitrogen and oxygen atoms in total. The number of para-hydroxylation sites is 1. The molecule has 1 heterocycles. The third-order valence-electron chi connectivity index (χ3n) is 3.57. The average Bonchev–Trinajstić information content (AvgIpc) is 2.59. The van der Waals surface area contributed by atoms with Crippen molar-refractivity contribution in [3.8, 4) is 0 Å². The first-order valence-electron chi connectivity index (χ1n) is 7.19. The van der Waals surface area contributed by atoms with Crippen LogP contribution in [-0.4, -0.2) is 15.9 Å². The molecule has 3 rings (SSSR count). The smallest absolute Gasteiger partial charge is 0.284 e. The van der Waals surface area contributed by atoms with Gasteiger partial charge in [0, 0.05) is 17.0 Å². The fourth-order valence-corrected chi connectivity index (χ4v) is 2.80. The molecule has 0 saturated carbocycles. The monoisotopic (exact) mass is 397 g/mol. The van der Waals surface area contributed by atoms with Gasteiger partial charge >= 0.3 is 0 Å². The summed E-state index contributed by atoms with van der Waals surface area (Å²) >= 11 is 3.13. The average molecular weight is 398 g/mol. The molecule has 3 aromatic rings. The van der Waals surface area contributed by atoms with Crippen molar-refractivity contribution in [2.75, 3.05) is 0 Å². The lowest BCUT2D eigenvalue weighted by Crippen LogP contribution is -2.22. The van der Waals surface area contributed by atoms with Crippen LogP contribution in [0.3, 0.4) is 0 Å². The van der Waals surface area contributed by atoms with Gasteiger partial charge in [-0.15, -0.1) is 0 Å². The molecule has 0 spiro atoms. The zero-order valence-electron chi connectivity index (χ0n) is 12.7. The van der Waals surface area contributed by atoms with Crippen LogP contribution in [0.1, 0.15) is 21.6 Å². The number of nitrogens with zero attached hydrogens (tertiary/aromatic N) is 2. The van der Waals surface area contributed by atoms with Crippen LogP contribution in [0.15, 0.2) is 53.0 Å². The predicted octanol–water partition coefficient (Wildman–Crippen LogP) is 3.44. The number of pyridine rings is 1. The minimum atomic E-state index is -1.28. The van der Waals surface area contributed by atoms with Gasteiger partial charge in [-0.05, 0) is 45.8 Å². The van der Waals surface area contributed by atoms with Gasteiger partial charge in [-0.1, -0.05) is 30.3 Å². The Labute approximate surface area is 150 Å². The number of nitro benzene ring substituents is 1. The number of aromatic carboxylic acids is 1. The van der Waals surface area contributed by atoms with E-state index in [1.54, 1.807) is 48.6 Å². The second-order valence-corrected chi connectivity index (χ2v) is 6.05. The second kappa shape index (κ2) is 6.82. The Kier molecular flexibility index (Phi) is 4.58. The first kappa shape index (κ1) is 16.8. The Balaban J connectivity index is 2.03. The number of carboxylic acids is 1. The summed E-state index contributed by atoms with van der Waals surface area (Å²) in [4.78, 5) is 26.2. The molecule has 1 aromatic heterocycles. The van der Waals surface area contributed by atoms with E-state index in [1.165, 1.54) is 12.1 Å². The zero-order chi connectivity index (χ0) is 18.0. The van der Waals surface area contributed by atoms with Gasteiger partial charge in [0.25, 0.3) is 5.69 Å². The third-order valence-corrected chi connectivity index (χ3v) is 4.24. The SMILES string of the molecule is O=C([O-])c1cc(/C=C/c2ccc(Br)c([N+](=O)[O-])c2)nc2ccccc12. The van der Waals surface area contributed by atoms with Gasteiger partial charge < -0.3 is 9.90 Å². The summed E-state index contributed by atoms with van der Waals surface area (Å²) in [6.07, 6.45) is 3.24. The molecule has 0 aliphatic carbocycles. The van der Waals surface area contributed by atoms with Gasteiger partial charge in [0.2, 0.25) is 0 Å². The van der Waals surface area contributed by atoms with Gasteiger partial charge in [0.15, 0.2) is 0 Å². The van der Waals surface area contributed by atoms with Gasteiger partial charge in [-0.25, -0.2) is 4.98 Å². The van der Waals surface area contributed by atoms with Crippen molar-refractivity contribution in [3.05, 3.63) is 79.9 Å². The fourth-order valence-electron chi connectivity index (χ4n) is 2.41. The normalized spacial score (nSPS) is 11.1. The Morgan fingerprint density at radius 2 is 1.88 bits per heavy atom. The highest BCUT2D eigenvalue weighted by molar-refractivity contribution is 9.10. The molecule has 124 valence electrons. The molecule has 0 aliphatic rings. The summed E-state index contributed by atoms with van der Waals surface area (Å²) in [7, 11) is 0. The van der Waals surface area contributed by atoms with Crippen molar-refractivity contribution >= 4 is 50.6 Å². The molecule has 0 aliphatic heterocycles. The fraction of sp³-hybridized carbons (Fsp3) is 0. The number of nitro groups is 1. The lowest BCUT2D eigenvalue weighted by atomic mass is 10.1. The van der Waals surface area contributed by atoms with Crippen molar-refractivity contribution in [1.29, 1.82) is 0 Å². The highest BCUT2D eigenvalue weighted by atomic mass is 79.9. The quantitative estimate of drug-likeness (QED) is 0.496. The van der Waals surface area contributed by atoms with Crippen molar-refractivity contribution in [2.45, 2.75) is 0 Å². The summed E-state index contributed by atoms with van der Waals surface area (Å²) in [6, 6.07) is 13.0. The summed E-state index contributed by atoms with van der Waals surface area (Å²) in [5.41, 5.74) is 1.55. The molecule has 0 saturated heterocycles. The number of hydrogen-bond donors (Lipinski definition) is 0. The summed E-state index contributed by atoms with van der Waals surface area (Å²) in [5, 5.41) is 22.8. The van der Waals surface area contributed by atoms with E-state index in [9.17, 15) is 20.0 Å². The first-order valence-corrected chi connectivity index (χ1v) is 7.98. The number of halogens is 1. The number of rotatable bonds is 4. The lowest BCUT2D eigenvalue weighted by molar-refractivity contribution is -0.385. The first-order chi connectivity index (χ1) is 12.0. The molecule has 0 amide bonds. The predicted molar refractivity (Wildman–Crippen MR) is 95.8 cm³/mol. The van der Waals surface area contributed by atoms with Crippen molar-refractivity contribution < 1.29 is 14.8 Å². The molecule has 2 aromatic carbocycles. The van der Waals surface area contributed by atoms with Crippen molar-refractivity contribution in [3.63, 3.8) is 0 Å². The van der Waals surface area contributed by atoms with E-state index in [0.717, 1.165) is 0 Å². The Morgan fingerprint density at radius 1 is 1.12 bits per heavy atom. The summed E-state index contributed by atoms with van der Waals surface area (Å²) in [5.74, 6) is -1.28. The van der Waals surface area contributed by atoms with E-state index >= 15 is 0 Å². The number of carbonyl (C=O) groups is 1. The van der Waals surface area contributed by atoms with E-state index in [1.807, 2.05) is 0 Å². The zero-order valence-corrected chi connectivity index (χ0v) is 14.3. The molecule has 0 bridgehead atoms. The van der Waals surface area contributed by atoms with Crippen LogP contribution in [0.25, 0.3) is 23.1 Å². The molecule has 0 atom stereocenters. The standard InChI is InChI=1S/C18H11BrN2O4/c19-15-8-6-11(9-17(15)21(24)25)5-7-12-10-14(18(22)23)13-3-1-2-4-16(13)20-12/h1-10H,(H,22,23)/p-1/b7-5+.